The van der Waals surface area contributed by atoms with Gasteiger partial charge in [-0.15, -0.1) is 6.58 Å². The van der Waals surface area contributed by atoms with E-state index in [9.17, 15) is 5.11 Å². The van der Waals surface area contributed by atoms with Gasteiger partial charge in [0, 0.05) is 6.61 Å². The first-order valence-electron chi connectivity index (χ1n) is 6.18. The monoisotopic (exact) mass is 208 g/mol. The Balaban J connectivity index is 2.34. The summed E-state index contributed by atoms with van der Waals surface area (Å²) in [5.41, 5.74) is 0.857. The molecule has 0 radical (unpaired) electrons. The molecule has 86 valence electrons. The zero-order valence-electron chi connectivity index (χ0n) is 10.3. The van der Waals surface area contributed by atoms with E-state index in [1.54, 1.807) is 0 Å². The molecule has 0 bridgehead atoms. The van der Waals surface area contributed by atoms with Gasteiger partial charge in [-0.2, -0.15) is 0 Å². The van der Waals surface area contributed by atoms with Crippen LogP contribution < -0.4 is 0 Å². The van der Waals surface area contributed by atoms with Crippen LogP contribution in [0.15, 0.2) is 12.7 Å². The molecule has 0 saturated heterocycles. The van der Waals surface area contributed by atoms with Crippen molar-refractivity contribution >= 4 is 0 Å². The highest BCUT2D eigenvalue weighted by molar-refractivity contribution is 5.11. The lowest BCUT2D eigenvalue weighted by Crippen LogP contribution is -2.32. The molecule has 0 aromatic heterocycles. The van der Waals surface area contributed by atoms with Crippen LogP contribution >= 0.6 is 0 Å². The number of fused-ring (bicyclic) bond motifs is 1. The molecular formula is C14H24O. The second-order valence-electron chi connectivity index (χ2n) is 6.57. The fraction of sp³-hybridized carbons (Fsp3) is 0.857. The summed E-state index contributed by atoms with van der Waals surface area (Å²) in [5, 5.41) is 9.61. The van der Waals surface area contributed by atoms with E-state index in [4.69, 9.17) is 0 Å². The van der Waals surface area contributed by atoms with Crippen LogP contribution in [0.3, 0.4) is 0 Å². The molecular weight excluding hydrogens is 184 g/mol. The van der Waals surface area contributed by atoms with Crippen LogP contribution in [0, 0.1) is 28.6 Å². The molecule has 1 nitrogen and oxygen atoms in total. The Morgan fingerprint density at radius 1 is 1.33 bits per heavy atom. The Labute approximate surface area is 93.6 Å². The molecule has 0 spiro atoms. The number of allylic oxidation sites excluding steroid dienone is 1. The smallest absolute Gasteiger partial charge is 0.0467 e. The fourth-order valence-electron chi connectivity index (χ4n) is 4.62. The van der Waals surface area contributed by atoms with Crippen molar-refractivity contribution in [2.24, 2.45) is 28.6 Å². The van der Waals surface area contributed by atoms with Crippen molar-refractivity contribution in [2.75, 3.05) is 6.61 Å². The molecule has 2 unspecified atom stereocenters. The molecule has 1 heteroatoms. The molecule has 2 rings (SSSR count). The van der Waals surface area contributed by atoms with Crippen LogP contribution in [-0.2, 0) is 0 Å². The molecule has 4 atom stereocenters. The van der Waals surface area contributed by atoms with Crippen molar-refractivity contribution in [3.8, 4) is 0 Å². The van der Waals surface area contributed by atoms with Gasteiger partial charge < -0.3 is 5.11 Å². The molecule has 0 heterocycles. The van der Waals surface area contributed by atoms with Gasteiger partial charge in [-0.1, -0.05) is 26.8 Å². The quantitative estimate of drug-likeness (QED) is 0.691. The van der Waals surface area contributed by atoms with Gasteiger partial charge in [0.05, 0.1) is 0 Å². The summed E-state index contributed by atoms with van der Waals surface area (Å²) in [6, 6.07) is 0. The Bertz CT molecular complexity index is 269. The Hall–Kier alpha value is -0.300. The first kappa shape index (κ1) is 11.2. The molecule has 0 aromatic rings. The topological polar surface area (TPSA) is 20.2 Å². The predicted molar refractivity (Wildman–Crippen MR) is 63.5 cm³/mol. The molecule has 0 aromatic carbocycles. The summed E-state index contributed by atoms with van der Waals surface area (Å²) in [6.45, 7) is 11.4. The lowest BCUT2D eigenvalue weighted by molar-refractivity contribution is 0.0830. The zero-order valence-corrected chi connectivity index (χ0v) is 10.3. The SMILES string of the molecule is C=CC1C[C@@]2(C)CCC(C)(C)[C@H]2C1CO. The summed E-state index contributed by atoms with van der Waals surface area (Å²) in [6.07, 6.45) is 5.94. The van der Waals surface area contributed by atoms with Gasteiger partial charge in [0.25, 0.3) is 0 Å². The van der Waals surface area contributed by atoms with Gasteiger partial charge in [0.2, 0.25) is 0 Å². The third kappa shape index (κ3) is 1.47. The highest BCUT2D eigenvalue weighted by Crippen LogP contribution is 2.65. The van der Waals surface area contributed by atoms with Crippen LogP contribution in [0.4, 0.5) is 0 Å². The van der Waals surface area contributed by atoms with Gasteiger partial charge in [-0.3, -0.25) is 0 Å². The van der Waals surface area contributed by atoms with Crippen LogP contribution in [0.5, 0.6) is 0 Å². The largest absolute Gasteiger partial charge is 0.396 e. The van der Waals surface area contributed by atoms with Crippen molar-refractivity contribution in [1.29, 1.82) is 0 Å². The minimum absolute atomic E-state index is 0.334. The Kier molecular flexibility index (Phi) is 2.50. The van der Waals surface area contributed by atoms with E-state index in [-0.39, 0.29) is 0 Å². The summed E-state index contributed by atoms with van der Waals surface area (Å²) < 4.78 is 0. The van der Waals surface area contributed by atoms with E-state index in [2.05, 4.69) is 33.4 Å². The highest BCUT2D eigenvalue weighted by Gasteiger charge is 2.58. The average molecular weight is 208 g/mol. The fourth-order valence-corrected chi connectivity index (χ4v) is 4.62. The maximum Gasteiger partial charge on any atom is 0.0467 e. The third-order valence-electron chi connectivity index (χ3n) is 5.13. The third-order valence-corrected chi connectivity index (χ3v) is 5.13. The van der Waals surface area contributed by atoms with E-state index >= 15 is 0 Å². The number of aliphatic hydroxyl groups is 1. The van der Waals surface area contributed by atoms with Crippen molar-refractivity contribution in [2.45, 2.75) is 40.0 Å². The number of hydrogen-bond acceptors (Lipinski definition) is 1. The minimum Gasteiger partial charge on any atom is -0.396 e. The standard InChI is InChI=1S/C14H24O/c1-5-10-8-14(4)7-6-13(2,3)12(14)11(10)9-15/h5,10-12,15H,1,6-9H2,2-4H3/t10?,11?,12-,14-/m1/s1. The van der Waals surface area contributed by atoms with Crippen LogP contribution in [-0.4, -0.2) is 11.7 Å². The molecule has 2 aliphatic rings. The minimum atomic E-state index is 0.334. The van der Waals surface area contributed by atoms with Gasteiger partial charge in [0.15, 0.2) is 0 Å². The summed E-state index contributed by atoms with van der Waals surface area (Å²) in [7, 11) is 0. The molecule has 15 heavy (non-hydrogen) atoms. The summed E-state index contributed by atoms with van der Waals surface area (Å²) in [4.78, 5) is 0. The highest BCUT2D eigenvalue weighted by atomic mass is 16.3. The molecule has 2 aliphatic carbocycles. The molecule has 2 saturated carbocycles. The maximum absolute atomic E-state index is 9.61. The second kappa shape index (κ2) is 3.35. The lowest BCUT2D eigenvalue weighted by atomic mass is 9.70. The number of aliphatic hydroxyl groups excluding tert-OH is 1. The van der Waals surface area contributed by atoms with E-state index in [1.165, 1.54) is 19.3 Å². The van der Waals surface area contributed by atoms with Gasteiger partial charge in [0.1, 0.15) is 0 Å². The van der Waals surface area contributed by atoms with Crippen molar-refractivity contribution in [3.05, 3.63) is 12.7 Å². The number of rotatable bonds is 2. The lowest BCUT2D eigenvalue weighted by Gasteiger charge is -2.35. The van der Waals surface area contributed by atoms with Gasteiger partial charge >= 0.3 is 0 Å². The Morgan fingerprint density at radius 2 is 2.00 bits per heavy atom. The normalized spacial score (nSPS) is 47.9. The van der Waals surface area contributed by atoms with Gasteiger partial charge in [-0.05, 0) is 47.8 Å². The first-order chi connectivity index (χ1) is 6.94. The van der Waals surface area contributed by atoms with Gasteiger partial charge in [-0.25, -0.2) is 0 Å². The Morgan fingerprint density at radius 3 is 2.53 bits per heavy atom. The second-order valence-corrected chi connectivity index (χ2v) is 6.57. The summed E-state index contributed by atoms with van der Waals surface area (Å²) >= 11 is 0. The van der Waals surface area contributed by atoms with E-state index in [0.717, 1.165) is 0 Å². The van der Waals surface area contributed by atoms with Crippen LogP contribution in [0.2, 0.25) is 0 Å². The molecule has 0 aliphatic heterocycles. The zero-order chi connectivity index (χ0) is 11.3. The summed E-state index contributed by atoms with van der Waals surface area (Å²) in [5.74, 6) is 1.66. The van der Waals surface area contributed by atoms with Crippen LogP contribution in [0.1, 0.15) is 40.0 Å². The van der Waals surface area contributed by atoms with Crippen molar-refractivity contribution in [1.82, 2.24) is 0 Å². The molecule has 1 N–H and O–H groups in total. The predicted octanol–water partition coefficient (Wildman–Crippen LogP) is 3.24. The van der Waals surface area contributed by atoms with Crippen LogP contribution in [0.25, 0.3) is 0 Å². The average Bonchev–Trinajstić information content (AvgIpc) is 2.60. The molecule has 0 amide bonds. The molecule has 2 fully saturated rings. The van der Waals surface area contributed by atoms with E-state index in [1.807, 2.05) is 0 Å². The van der Waals surface area contributed by atoms with E-state index < -0.39 is 0 Å². The maximum atomic E-state index is 9.61. The van der Waals surface area contributed by atoms with E-state index in [0.29, 0.717) is 35.2 Å². The van der Waals surface area contributed by atoms with Crippen molar-refractivity contribution in [3.63, 3.8) is 0 Å². The van der Waals surface area contributed by atoms with Crippen molar-refractivity contribution < 1.29 is 5.11 Å². The first-order valence-corrected chi connectivity index (χ1v) is 6.18. The number of hydrogen-bond donors (Lipinski definition) is 1.